The molecule has 0 spiro atoms. The summed E-state index contributed by atoms with van der Waals surface area (Å²) in [5.74, 6) is 0. The van der Waals surface area contributed by atoms with Crippen LogP contribution in [0, 0.1) is 0 Å². The van der Waals surface area contributed by atoms with Crippen LogP contribution in [0.1, 0.15) is 25.8 Å². The Kier molecular flexibility index (Phi) is 5.67. The largest absolute Gasteiger partial charge is 0.385 e. The predicted octanol–water partition coefficient (Wildman–Crippen LogP) is 2.34. The maximum absolute atomic E-state index is 3.59. The van der Waals surface area contributed by atoms with Gasteiger partial charge in [-0.15, -0.1) is 0 Å². The Morgan fingerprint density at radius 2 is 2.00 bits per heavy atom. The summed E-state index contributed by atoms with van der Waals surface area (Å²) in [5, 5.41) is 7.00. The molecule has 106 valence electrons. The van der Waals surface area contributed by atoms with E-state index in [2.05, 4.69) is 53.6 Å². The smallest absolute Gasteiger partial charge is 0.0372 e. The highest BCUT2D eigenvalue weighted by Crippen LogP contribution is 2.15. The van der Waals surface area contributed by atoms with Crippen molar-refractivity contribution in [2.24, 2.45) is 0 Å². The van der Waals surface area contributed by atoms with E-state index in [0.29, 0.717) is 6.04 Å². The van der Waals surface area contributed by atoms with Gasteiger partial charge in [0.05, 0.1) is 0 Å². The van der Waals surface area contributed by atoms with Gasteiger partial charge in [0.1, 0.15) is 0 Å². The van der Waals surface area contributed by atoms with E-state index in [1.165, 1.54) is 30.8 Å². The van der Waals surface area contributed by atoms with E-state index in [1.54, 1.807) is 0 Å². The number of hydrogen-bond acceptors (Lipinski definition) is 3. The fourth-order valence-corrected chi connectivity index (χ4v) is 2.72. The summed E-state index contributed by atoms with van der Waals surface area (Å²) in [6, 6.07) is 9.30. The fraction of sp³-hybridized carbons (Fsp3) is 0.625. The Morgan fingerprint density at radius 1 is 1.26 bits per heavy atom. The average Bonchev–Trinajstić information content (AvgIpc) is 2.48. The SMILES string of the molecule is CCc1ccccc1NCCC(C)N1CCNCC1. The van der Waals surface area contributed by atoms with Crippen LogP contribution in [0.3, 0.4) is 0 Å². The van der Waals surface area contributed by atoms with Crippen molar-refractivity contribution < 1.29 is 0 Å². The van der Waals surface area contributed by atoms with Gasteiger partial charge in [-0.1, -0.05) is 25.1 Å². The number of aryl methyl sites for hydroxylation is 1. The third-order valence-corrected chi connectivity index (χ3v) is 4.05. The number of benzene rings is 1. The molecule has 1 aliphatic rings. The molecule has 0 amide bonds. The molecule has 0 saturated carbocycles. The summed E-state index contributed by atoms with van der Waals surface area (Å²) in [6.07, 6.45) is 2.30. The maximum Gasteiger partial charge on any atom is 0.0372 e. The quantitative estimate of drug-likeness (QED) is 0.823. The first-order valence-electron chi connectivity index (χ1n) is 7.57. The molecule has 1 aromatic carbocycles. The highest BCUT2D eigenvalue weighted by Gasteiger charge is 2.15. The monoisotopic (exact) mass is 261 g/mol. The average molecular weight is 261 g/mol. The van der Waals surface area contributed by atoms with E-state index >= 15 is 0 Å². The Labute approximate surface area is 117 Å². The molecule has 0 bridgehead atoms. The molecule has 0 aliphatic carbocycles. The summed E-state index contributed by atoms with van der Waals surface area (Å²) < 4.78 is 0. The molecular formula is C16H27N3. The van der Waals surface area contributed by atoms with Crippen molar-refractivity contribution >= 4 is 5.69 Å². The molecule has 3 heteroatoms. The van der Waals surface area contributed by atoms with Gasteiger partial charge in [0.15, 0.2) is 0 Å². The van der Waals surface area contributed by atoms with Crippen LogP contribution in [0.25, 0.3) is 0 Å². The van der Waals surface area contributed by atoms with E-state index in [9.17, 15) is 0 Å². The summed E-state index contributed by atoms with van der Waals surface area (Å²) >= 11 is 0. The van der Waals surface area contributed by atoms with Gasteiger partial charge >= 0.3 is 0 Å². The van der Waals surface area contributed by atoms with Crippen LogP contribution >= 0.6 is 0 Å². The number of anilines is 1. The zero-order valence-corrected chi connectivity index (χ0v) is 12.3. The van der Waals surface area contributed by atoms with E-state index in [0.717, 1.165) is 26.1 Å². The zero-order valence-electron chi connectivity index (χ0n) is 12.3. The van der Waals surface area contributed by atoms with Crippen molar-refractivity contribution in [2.75, 3.05) is 38.0 Å². The number of hydrogen-bond donors (Lipinski definition) is 2. The van der Waals surface area contributed by atoms with Crippen LogP contribution in [-0.2, 0) is 6.42 Å². The van der Waals surface area contributed by atoms with Crippen molar-refractivity contribution in [2.45, 2.75) is 32.7 Å². The minimum Gasteiger partial charge on any atom is -0.385 e. The molecular weight excluding hydrogens is 234 g/mol. The van der Waals surface area contributed by atoms with Crippen molar-refractivity contribution in [3.8, 4) is 0 Å². The molecule has 3 nitrogen and oxygen atoms in total. The van der Waals surface area contributed by atoms with Gasteiger partial charge in [-0.05, 0) is 31.4 Å². The van der Waals surface area contributed by atoms with Crippen LogP contribution in [0.15, 0.2) is 24.3 Å². The Morgan fingerprint density at radius 3 is 2.74 bits per heavy atom. The molecule has 1 atom stereocenters. The minimum atomic E-state index is 0.670. The van der Waals surface area contributed by atoms with E-state index in [1.807, 2.05) is 0 Å². The second kappa shape index (κ2) is 7.51. The van der Waals surface area contributed by atoms with Crippen molar-refractivity contribution in [1.29, 1.82) is 0 Å². The van der Waals surface area contributed by atoms with Crippen molar-refractivity contribution in [3.05, 3.63) is 29.8 Å². The lowest BCUT2D eigenvalue weighted by Gasteiger charge is -2.33. The van der Waals surface area contributed by atoms with Crippen LogP contribution < -0.4 is 10.6 Å². The third kappa shape index (κ3) is 4.22. The van der Waals surface area contributed by atoms with E-state index in [4.69, 9.17) is 0 Å². The van der Waals surface area contributed by atoms with Crippen LogP contribution in [-0.4, -0.2) is 43.7 Å². The minimum absolute atomic E-state index is 0.670. The topological polar surface area (TPSA) is 27.3 Å². The first-order valence-corrected chi connectivity index (χ1v) is 7.57. The van der Waals surface area contributed by atoms with Gasteiger partial charge in [-0.2, -0.15) is 0 Å². The molecule has 1 aliphatic heterocycles. The lowest BCUT2D eigenvalue weighted by molar-refractivity contribution is 0.179. The Hall–Kier alpha value is -1.06. The van der Waals surface area contributed by atoms with Crippen molar-refractivity contribution in [3.63, 3.8) is 0 Å². The van der Waals surface area contributed by atoms with Gasteiger partial charge in [-0.3, -0.25) is 4.90 Å². The molecule has 2 rings (SSSR count). The summed E-state index contributed by atoms with van der Waals surface area (Å²) in [5.41, 5.74) is 2.72. The van der Waals surface area contributed by atoms with E-state index < -0.39 is 0 Å². The molecule has 1 saturated heterocycles. The number of nitrogens with one attached hydrogen (secondary N) is 2. The number of piperazine rings is 1. The number of para-hydroxylation sites is 1. The highest BCUT2D eigenvalue weighted by molar-refractivity contribution is 5.50. The van der Waals surface area contributed by atoms with Gasteiger partial charge < -0.3 is 10.6 Å². The lowest BCUT2D eigenvalue weighted by Crippen LogP contribution is -2.47. The molecule has 1 unspecified atom stereocenters. The van der Waals surface area contributed by atoms with Crippen LogP contribution in [0.5, 0.6) is 0 Å². The van der Waals surface area contributed by atoms with E-state index in [-0.39, 0.29) is 0 Å². The van der Waals surface area contributed by atoms with Gasteiger partial charge in [-0.25, -0.2) is 0 Å². The Bertz CT molecular complexity index is 372. The van der Waals surface area contributed by atoms with Crippen LogP contribution in [0.2, 0.25) is 0 Å². The predicted molar refractivity (Wildman–Crippen MR) is 82.8 cm³/mol. The normalized spacial score (nSPS) is 18.2. The summed E-state index contributed by atoms with van der Waals surface area (Å²) in [4.78, 5) is 2.59. The van der Waals surface area contributed by atoms with Gasteiger partial charge in [0.2, 0.25) is 0 Å². The fourth-order valence-electron chi connectivity index (χ4n) is 2.72. The van der Waals surface area contributed by atoms with Crippen molar-refractivity contribution in [1.82, 2.24) is 10.2 Å². The summed E-state index contributed by atoms with van der Waals surface area (Å²) in [6.45, 7) is 10.3. The first-order chi connectivity index (χ1) is 9.31. The Balaban J connectivity index is 1.76. The first kappa shape index (κ1) is 14.4. The maximum atomic E-state index is 3.59. The molecule has 1 aromatic rings. The molecule has 19 heavy (non-hydrogen) atoms. The van der Waals surface area contributed by atoms with Gasteiger partial charge in [0.25, 0.3) is 0 Å². The molecule has 0 radical (unpaired) electrons. The molecule has 0 aromatic heterocycles. The zero-order chi connectivity index (χ0) is 13.5. The molecule has 1 fully saturated rings. The second-order valence-corrected chi connectivity index (χ2v) is 5.36. The molecule has 1 heterocycles. The van der Waals surface area contributed by atoms with Gasteiger partial charge in [0, 0.05) is 44.5 Å². The summed E-state index contributed by atoms with van der Waals surface area (Å²) in [7, 11) is 0. The lowest BCUT2D eigenvalue weighted by atomic mass is 10.1. The second-order valence-electron chi connectivity index (χ2n) is 5.36. The third-order valence-electron chi connectivity index (χ3n) is 4.05. The molecule has 2 N–H and O–H groups in total. The standard InChI is InChI=1S/C16H27N3/c1-3-15-6-4-5-7-16(15)18-9-8-14(2)19-12-10-17-11-13-19/h4-7,14,17-18H,3,8-13H2,1-2H3. The van der Waals surface area contributed by atoms with Crippen LogP contribution in [0.4, 0.5) is 5.69 Å². The number of nitrogens with zero attached hydrogens (tertiary/aromatic N) is 1. The number of rotatable bonds is 6. The highest BCUT2D eigenvalue weighted by atomic mass is 15.2.